The Morgan fingerprint density at radius 1 is 0.634 bits per heavy atom. The first-order valence-corrected chi connectivity index (χ1v) is 27.6. The number of benzene rings is 1. The summed E-state index contributed by atoms with van der Waals surface area (Å²) in [6, 6.07) is -8.90. The number of carbonyl (C=O) groups is 11. The standard InChI is InChI=1S/C52H85N13O16S/c1-24(2)19-33(58-49(78)40(27(7)66)63-42(71)31(53)21-29-13-15-30(68)16-14-29)44(73)57-32(11-9-17-56-52(54)55)43(72)62-39(26(5)6)48(77)59-34(22-38(69)70)45(74)61-36(23-82)46(75)64-41(28(8)67)50(79)65-18-10-12-37(65)47(76)60-35(51(80)81)20-25(3)4/h13-16,24-28,31-37,39-41,66-68,82H,9-12,17-23,53H2,1-8H3,(H,57,73)(H,58,78)(H,59,77)(H,60,76)(H,61,74)(H,62,72)(H,63,71)(H,64,75)(H,69,70)(H,80,81)(H4,54,55,56)/t27-,28-,31+,32+,33+,34+,35+,36+,37+,39+,40+,41+/m1/s1. The number of aliphatic imine (C=N–C) groups is 1. The number of nitrogens with zero attached hydrogens (tertiary/aromatic N) is 2. The van der Waals surface area contributed by atoms with Crippen molar-refractivity contribution in [3.63, 3.8) is 0 Å². The topological polar surface area (TPSA) is 479 Å². The third-order valence-corrected chi connectivity index (χ3v) is 13.4. The van der Waals surface area contributed by atoms with E-state index in [1.807, 2.05) is 0 Å². The molecule has 1 aromatic rings. The van der Waals surface area contributed by atoms with Crippen LogP contribution in [-0.2, 0) is 59.2 Å². The Labute approximate surface area is 481 Å². The van der Waals surface area contributed by atoms with Gasteiger partial charge in [-0.15, -0.1) is 0 Å². The number of likely N-dealkylation sites (tertiary alicyclic amines) is 1. The minimum absolute atomic E-state index is 0.00468. The Hall–Kier alpha value is -7.31. The maximum atomic E-state index is 14.2. The second kappa shape index (κ2) is 34.2. The number of hydrogen-bond donors (Lipinski definition) is 17. The highest BCUT2D eigenvalue weighted by molar-refractivity contribution is 7.80. The zero-order chi connectivity index (χ0) is 62.3. The second-order valence-corrected chi connectivity index (χ2v) is 21.8. The number of aliphatic hydroxyl groups is 2. The lowest BCUT2D eigenvalue weighted by atomic mass is 9.99. The summed E-state index contributed by atoms with van der Waals surface area (Å²) in [4.78, 5) is 153. The largest absolute Gasteiger partial charge is 0.508 e. The van der Waals surface area contributed by atoms with E-state index in [2.05, 4.69) is 60.2 Å². The van der Waals surface area contributed by atoms with E-state index in [1.165, 1.54) is 39.8 Å². The van der Waals surface area contributed by atoms with E-state index in [0.29, 0.717) is 12.0 Å². The van der Waals surface area contributed by atoms with Gasteiger partial charge in [0.2, 0.25) is 53.2 Å². The molecule has 460 valence electrons. The molecule has 0 saturated carbocycles. The molecular weight excluding hydrogens is 1090 g/mol. The average Bonchev–Trinajstić information content (AvgIpc) is 4.05. The van der Waals surface area contributed by atoms with Crippen LogP contribution < -0.4 is 59.7 Å². The number of rotatable bonds is 34. The van der Waals surface area contributed by atoms with E-state index < -0.39 is 156 Å². The number of carboxylic acids is 2. The highest BCUT2D eigenvalue weighted by Crippen LogP contribution is 2.21. The number of aliphatic carboxylic acids is 2. The van der Waals surface area contributed by atoms with Crippen molar-refractivity contribution in [2.24, 2.45) is 39.9 Å². The quantitative estimate of drug-likeness (QED) is 0.0136. The van der Waals surface area contributed by atoms with Gasteiger partial charge in [0.25, 0.3) is 0 Å². The second-order valence-electron chi connectivity index (χ2n) is 21.5. The van der Waals surface area contributed by atoms with Crippen LogP contribution in [0.3, 0.4) is 0 Å². The number of carbonyl (C=O) groups excluding carboxylic acids is 9. The number of nitrogens with two attached hydrogens (primary N) is 3. The number of nitrogens with one attached hydrogen (secondary N) is 8. The Balaban J connectivity index is 2.33. The fraction of sp³-hybridized carbons (Fsp3) is 0.654. The van der Waals surface area contributed by atoms with Crippen LogP contribution in [0, 0.1) is 17.8 Å². The van der Waals surface area contributed by atoms with Crippen molar-refractivity contribution >= 4 is 83.7 Å². The van der Waals surface area contributed by atoms with Gasteiger partial charge in [-0.1, -0.05) is 53.7 Å². The average molecular weight is 1180 g/mol. The van der Waals surface area contributed by atoms with Crippen LogP contribution in [0.2, 0.25) is 0 Å². The van der Waals surface area contributed by atoms with Crippen molar-refractivity contribution in [2.75, 3.05) is 18.8 Å². The van der Waals surface area contributed by atoms with E-state index in [4.69, 9.17) is 17.2 Å². The SMILES string of the molecule is CC(C)C[C@H](NC(=O)[C@@H]1CCCN1C(=O)[C@@H](NC(=O)[C@H](CS)NC(=O)[C@H](CC(=O)O)NC(=O)[C@@H](NC(=O)[C@H](CCCN=C(N)N)NC(=O)[C@H](CC(C)C)NC(=O)[C@@H](NC(=O)[C@@H](N)Cc1ccc(O)cc1)[C@@H](C)O)C(C)C)[C@@H](C)O)C(=O)O. The highest BCUT2D eigenvalue weighted by atomic mass is 32.1. The number of hydrogen-bond acceptors (Lipinski definition) is 17. The molecule has 30 heteroatoms. The molecule has 0 aliphatic carbocycles. The molecule has 0 spiro atoms. The lowest BCUT2D eigenvalue weighted by molar-refractivity contribution is -0.146. The summed E-state index contributed by atoms with van der Waals surface area (Å²) in [7, 11) is 0. The third kappa shape index (κ3) is 23.6. The van der Waals surface area contributed by atoms with Crippen LogP contribution in [-0.4, -0.2) is 193 Å². The van der Waals surface area contributed by atoms with Crippen LogP contribution in [0.25, 0.3) is 0 Å². The number of amides is 9. The summed E-state index contributed by atoms with van der Waals surface area (Å²) in [5.74, 6) is -13.4. The van der Waals surface area contributed by atoms with Crippen molar-refractivity contribution < 1.29 is 78.3 Å². The van der Waals surface area contributed by atoms with Crippen LogP contribution in [0.4, 0.5) is 0 Å². The molecule has 1 saturated heterocycles. The Morgan fingerprint density at radius 3 is 1.65 bits per heavy atom. The third-order valence-electron chi connectivity index (χ3n) is 13.0. The maximum absolute atomic E-state index is 14.2. The first kappa shape index (κ1) is 70.8. The molecule has 29 nitrogen and oxygen atoms in total. The molecule has 0 bridgehead atoms. The normalized spacial score (nSPS) is 17.2. The molecule has 2 rings (SSSR count). The lowest BCUT2D eigenvalue weighted by Crippen LogP contribution is -2.62. The van der Waals surface area contributed by atoms with Crippen molar-refractivity contribution in [3.05, 3.63) is 29.8 Å². The van der Waals surface area contributed by atoms with Gasteiger partial charge in [0.1, 0.15) is 60.1 Å². The molecule has 82 heavy (non-hydrogen) atoms. The molecule has 1 aliphatic heterocycles. The van der Waals surface area contributed by atoms with Gasteiger partial charge in [0.05, 0.1) is 24.7 Å². The fourth-order valence-electron chi connectivity index (χ4n) is 8.64. The zero-order valence-corrected chi connectivity index (χ0v) is 48.4. The summed E-state index contributed by atoms with van der Waals surface area (Å²) in [6.07, 6.45) is -3.63. The minimum atomic E-state index is -1.91. The summed E-state index contributed by atoms with van der Waals surface area (Å²) >= 11 is 4.15. The van der Waals surface area contributed by atoms with E-state index in [-0.39, 0.29) is 75.2 Å². The smallest absolute Gasteiger partial charge is 0.326 e. The van der Waals surface area contributed by atoms with Gasteiger partial charge >= 0.3 is 11.9 Å². The van der Waals surface area contributed by atoms with Crippen LogP contribution in [0.1, 0.15) is 106 Å². The highest BCUT2D eigenvalue weighted by Gasteiger charge is 2.42. The number of aromatic hydroxyl groups is 1. The van der Waals surface area contributed by atoms with Gasteiger partial charge in [-0.25, -0.2) is 4.79 Å². The molecular formula is C52H85N13O16S. The van der Waals surface area contributed by atoms with Gasteiger partial charge in [-0.05, 0) is 94.2 Å². The molecule has 0 radical (unpaired) electrons. The first-order chi connectivity index (χ1) is 38.3. The molecule has 19 N–H and O–H groups in total. The van der Waals surface area contributed by atoms with Crippen molar-refractivity contribution in [1.29, 1.82) is 0 Å². The lowest BCUT2D eigenvalue weighted by Gasteiger charge is -2.31. The van der Waals surface area contributed by atoms with Crippen molar-refractivity contribution in [1.82, 2.24) is 47.4 Å². The predicted octanol–water partition coefficient (Wildman–Crippen LogP) is -3.82. The summed E-state index contributed by atoms with van der Waals surface area (Å²) in [5.41, 5.74) is 17.7. The van der Waals surface area contributed by atoms with Gasteiger partial charge in [-0.3, -0.25) is 52.9 Å². The van der Waals surface area contributed by atoms with Gasteiger partial charge in [0, 0.05) is 18.8 Å². The van der Waals surface area contributed by atoms with Crippen LogP contribution in [0.15, 0.2) is 29.3 Å². The van der Waals surface area contributed by atoms with E-state index >= 15 is 0 Å². The summed E-state index contributed by atoms with van der Waals surface area (Å²) in [6.45, 7) is 12.4. The predicted molar refractivity (Wildman–Crippen MR) is 301 cm³/mol. The summed E-state index contributed by atoms with van der Waals surface area (Å²) < 4.78 is 0. The zero-order valence-electron chi connectivity index (χ0n) is 47.5. The molecule has 1 aliphatic rings. The van der Waals surface area contributed by atoms with Gasteiger partial charge in [0.15, 0.2) is 5.96 Å². The Kier molecular flexibility index (Phi) is 29.5. The number of phenols is 1. The van der Waals surface area contributed by atoms with E-state index in [0.717, 1.165) is 4.90 Å². The number of aliphatic hydroxyl groups excluding tert-OH is 2. The van der Waals surface area contributed by atoms with Crippen LogP contribution >= 0.6 is 12.6 Å². The van der Waals surface area contributed by atoms with Crippen molar-refractivity contribution in [2.45, 2.75) is 179 Å². The Morgan fingerprint density at radius 2 is 1.12 bits per heavy atom. The van der Waals surface area contributed by atoms with Gasteiger partial charge < -0.3 is 90.2 Å². The molecule has 9 amide bonds. The Bertz CT molecular complexity index is 2410. The molecule has 0 aromatic heterocycles. The van der Waals surface area contributed by atoms with Crippen molar-refractivity contribution in [3.8, 4) is 5.75 Å². The molecule has 0 unspecified atom stereocenters. The molecule has 1 fully saturated rings. The first-order valence-electron chi connectivity index (χ1n) is 27.0. The molecule has 1 aromatic carbocycles. The molecule has 1 heterocycles. The van der Waals surface area contributed by atoms with Gasteiger partial charge in [-0.2, -0.15) is 12.6 Å². The minimum Gasteiger partial charge on any atom is -0.508 e. The maximum Gasteiger partial charge on any atom is 0.326 e. The molecule has 12 atom stereocenters. The summed E-state index contributed by atoms with van der Waals surface area (Å²) in [5, 5.41) is 69.8. The number of phenolic OH excluding ortho intramolecular Hbond substituents is 1. The van der Waals surface area contributed by atoms with E-state index in [9.17, 15) is 78.3 Å². The number of guanidine groups is 1. The monoisotopic (exact) mass is 1180 g/mol. The number of thiol groups is 1. The fourth-order valence-corrected chi connectivity index (χ4v) is 8.90. The van der Waals surface area contributed by atoms with Crippen LogP contribution in [0.5, 0.6) is 5.75 Å². The number of carboxylic acid groups (broad SMARTS) is 2. The van der Waals surface area contributed by atoms with E-state index in [1.54, 1.807) is 39.8 Å².